The van der Waals surface area contributed by atoms with Gasteiger partial charge in [0.05, 0.1) is 4.90 Å². The van der Waals surface area contributed by atoms with Crippen molar-refractivity contribution in [2.45, 2.75) is 37.5 Å². The molecule has 0 unspecified atom stereocenters. The highest BCUT2D eigenvalue weighted by atomic mass is 32.2. The Bertz CT molecular complexity index is 995. The van der Waals surface area contributed by atoms with Crippen LogP contribution in [0.3, 0.4) is 0 Å². The number of allylic oxidation sites excluding steroid dienone is 4. The van der Waals surface area contributed by atoms with Crippen LogP contribution < -0.4 is 5.14 Å². The Morgan fingerprint density at radius 2 is 1.50 bits per heavy atom. The molecule has 0 aliphatic heterocycles. The van der Waals surface area contributed by atoms with E-state index in [0.29, 0.717) is 0 Å². The van der Waals surface area contributed by atoms with Crippen molar-refractivity contribution in [2.75, 3.05) is 0 Å². The molecule has 4 rings (SSSR count). The number of hydrogen-bond donors (Lipinski definition) is 1. The Morgan fingerprint density at radius 1 is 0.923 bits per heavy atom. The van der Waals surface area contributed by atoms with Crippen LogP contribution in [0, 0.1) is 12.3 Å². The number of rotatable bonds is 3. The summed E-state index contributed by atoms with van der Waals surface area (Å²) in [5, 5.41) is 5.23. The highest BCUT2D eigenvalue weighted by Gasteiger charge is 2.36. The molecule has 1 spiro atoms. The molecule has 134 valence electrons. The van der Waals surface area contributed by atoms with E-state index in [2.05, 4.69) is 23.2 Å². The molecule has 2 aliphatic rings. The van der Waals surface area contributed by atoms with E-state index in [1.54, 1.807) is 12.1 Å². The fourth-order valence-corrected chi connectivity index (χ4v) is 4.54. The lowest BCUT2D eigenvalue weighted by atomic mass is 9.88. The van der Waals surface area contributed by atoms with Crippen molar-refractivity contribution < 1.29 is 8.42 Å². The maximum Gasteiger partial charge on any atom is 0.238 e. The van der Waals surface area contributed by atoms with Gasteiger partial charge in [0.2, 0.25) is 10.0 Å². The molecule has 0 radical (unpaired) electrons. The standard InChI is InChI=1S/C21H22N2O2S/c1-15-4-5-17(14-23-15)20-13-21(10-2-3-11-21)12-19(20)16-6-8-18(9-7-16)26(22,24)25/h4-9,12-14H,2-3,10-11H2,1H3,(H2,22,24,25). The maximum absolute atomic E-state index is 11.5. The van der Waals surface area contributed by atoms with Crippen LogP contribution in [0.1, 0.15) is 42.5 Å². The zero-order valence-corrected chi connectivity index (χ0v) is 15.6. The van der Waals surface area contributed by atoms with Gasteiger partial charge in [-0.15, -0.1) is 0 Å². The van der Waals surface area contributed by atoms with Crippen molar-refractivity contribution in [2.24, 2.45) is 10.6 Å². The summed E-state index contributed by atoms with van der Waals surface area (Å²) in [7, 11) is -3.68. The van der Waals surface area contributed by atoms with Crippen LogP contribution in [0.4, 0.5) is 0 Å². The van der Waals surface area contributed by atoms with Crippen LogP contribution in [0.25, 0.3) is 11.1 Å². The fourth-order valence-electron chi connectivity index (χ4n) is 4.02. The maximum atomic E-state index is 11.5. The van der Waals surface area contributed by atoms with Gasteiger partial charge in [-0.3, -0.25) is 4.98 Å². The van der Waals surface area contributed by atoms with Crippen molar-refractivity contribution in [3.05, 3.63) is 71.6 Å². The second-order valence-electron chi connectivity index (χ2n) is 7.31. The first-order valence-corrected chi connectivity index (χ1v) is 10.4. The first-order valence-electron chi connectivity index (χ1n) is 8.89. The molecule has 0 atom stereocenters. The molecule has 1 aromatic heterocycles. The largest absolute Gasteiger partial charge is 0.261 e. The molecule has 0 amide bonds. The van der Waals surface area contributed by atoms with Gasteiger partial charge in [-0.05, 0) is 54.7 Å². The SMILES string of the molecule is Cc1ccc(C2=CC3(C=C2c2ccc(S(N)(=O)=O)cc2)CCCC3)cn1. The molecule has 26 heavy (non-hydrogen) atoms. The Hall–Kier alpha value is -2.24. The minimum absolute atomic E-state index is 0.119. The third-order valence-electron chi connectivity index (χ3n) is 5.40. The average Bonchev–Trinajstić information content (AvgIpc) is 3.22. The highest BCUT2D eigenvalue weighted by Crippen LogP contribution is 2.51. The van der Waals surface area contributed by atoms with Gasteiger partial charge in [-0.25, -0.2) is 13.6 Å². The van der Waals surface area contributed by atoms with Gasteiger partial charge in [0.25, 0.3) is 0 Å². The lowest BCUT2D eigenvalue weighted by Crippen LogP contribution is -2.11. The van der Waals surface area contributed by atoms with Gasteiger partial charge < -0.3 is 0 Å². The van der Waals surface area contributed by atoms with E-state index in [-0.39, 0.29) is 10.3 Å². The molecule has 1 aromatic carbocycles. The number of aryl methyl sites for hydroxylation is 1. The van der Waals surface area contributed by atoms with E-state index in [1.807, 2.05) is 31.3 Å². The predicted octanol–water partition coefficient (Wildman–Crippen LogP) is 4.08. The number of benzene rings is 1. The Labute approximate surface area is 154 Å². The lowest BCUT2D eigenvalue weighted by Gasteiger charge is -2.16. The number of primary sulfonamides is 1. The summed E-state index contributed by atoms with van der Waals surface area (Å²) in [4.78, 5) is 4.59. The van der Waals surface area contributed by atoms with E-state index < -0.39 is 10.0 Å². The van der Waals surface area contributed by atoms with Crippen molar-refractivity contribution >= 4 is 21.2 Å². The van der Waals surface area contributed by atoms with Crippen LogP contribution >= 0.6 is 0 Å². The van der Waals surface area contributed by atoms with Gasteiger partial charge in [0.15, 0.2) is 0 Å². The average molecular weight is 366 g/mol. The Kier molecular flexibility index (Phi) is 4.09. The van der Waals surface area contributed by atoms with E-state index >= 15 is 0 Å². The van der Waals surface area contributed by atoms with Gasteiger partial charge in [0.1, 0.15) is 0 Å². The van der Waals surface area contributed by atoms with Crippen LogP contribution in [0.15, 0.2) is 59.6 Å². The number of sulfonamides is 1. The van der Waals surface area contributed by atoms with E-state index in [4.69, 9.17) is 5.14 Å². The van der Waals surface area contributed by atoms with Crippen molar-refractivity contribution in [3.63, 3.8) is 0 Å². The molecule has 2 N–H and O–H groups in total. The molecule has 0 saturated heterocycles. The van der Waals surface area contributed by atoms with Gasteiger partial charge in [0, 0.05) is 22.9 Å². The Balaban J connectivity index is 1.79. The molecule has 2 aliphatic carbocycles. The summed E-state index contributed by atoms with van der Waals surface area (Å²) in [6.45, 7) is 1.98. The lowest BCUT2D eigenvalue weighted by molar-refractivity contribution is 0.523. The van der Waals surface area contributed by atoms with E-state index in [1.165, 1.54) is 18.4 Å². The molecule has 1 fully saturated rings. The third kappa shape index (κ3) is 3.13. The van der Waals surface area contributed by atoms with E-state index in [0.717, 1.165) is 35.2 Å². The third-order valence-corrected chi connectivity index (χ3v) is 6.33. The van der Waals surface area contributed by atoms with Crippen molar-refractivity contribution in [1.82, 2.24) is 4.98 Å². The second-order valence-corrected chi connectivity index (χ2v) is 8.88. The molecule has 2 aromatic rings. The van der Waals surface area contributed by atoms with Crippen LogP contribution in [-0.2, 0) is 10.0 Å². The minimum atomic E-state index is -3.68. The van der Waals surface area contributed by atoms with Crippen LogP contribution in [0.2, 0.25) is 0 Å². The van der Waals surface area contributed by atoms with E-state index in [9.17, 15) is 8.42 Å². The smallest absolute Gasteiger partial charge is 0.238 e. The quantitative estimate of drug-likeness (QED) is 0.889. The molecule has 0 bridgehead atoms. The first kappa shape index (κ1) is 17.2. The number of aromatic nitrogens is 1. The summed E-state index contributed by atoms with van der Waals surface area (Å²) in [6, 6.07) is 11.0. The predicted molar refractivity (Wildman–Crippen MR) is 104 cm³/mol. The molecule has 5 heteroatoms. The summed E-state index contributed by atoms with van der Waals surface area (Å²) in [5.41, 5.74) is 5.55. The first-order chi connectivity index (χ1) is 12.4. The molecule has 1 heterocycles. The van der Waals surface area contributed by atoms with Crippen LogP contribution in [0.5, 0.6) is 0 Å². The number of hydrogen-bond acceptors (Lipinski definition) is 3. The van der Waals surface area contributed by atoms with Crippen molar-refractivity contribution in [1.29, 1.82) is 0 Å². The summed E-state index contributed by atoms with van der Waals surface area (Å²) >= 11 is 0. The molecular formula is C21H22N2O2S. The number of nitrogens with two attached hydrogens (primary N) is 1. The number of pyridine rings is 1. The second kappa shape index (κ2) is 6.18. The van der Waals surface area contributed by atoms with Crippen LogP contribution in [-0.4, -0.2) is 13.4 Å². The topological polar surface area (TPSA) is 73.1 Å². The summed E-state index contributed by atoms with van der Waals surface area (Å²) in [6.07, 6.45) is 11.5. The summed E-state index contributed by atoms with van der Waals surface area (Å²) < 4.78 is 23.1. The fraction of sp³-hybridized carbons (Fsp3) is 0.286. The van der Waals surface area contributed by atoms with Gasteiger partial charge in [-0.1, -0.05) is 43.2 Å². The van der Waals surface area contributed by atoms with Crippen molar-refractivity contribution in [3.8, 4) is 0 Å². The monoisotopic (exact) mass is 366 g/mol. The zero-order chi connectivity index (χ0) is 18.4. The highest BCUT2D eigenvalue weighted by molar-refractivity contribution is 7.89. The minimum Gasteiger partial charge on any atom is -0.261 e. The Morgan fingerprint density at radius 3 is 2.04 bits per heavy atom. The molecule has 1 saturated carbocycles. The molecular weight excluding hydrogens is 344 g/mol. The van der Waals surface area contributed by atoms with Gasteiger partial charge in [-0.2, -0.15) is 0 Å². The molecule has 4 nitrogen and oxygen atoms in total. The summed E-state index contributed by atoms with van der Waals surface area (Å²) in [5.74, 6) is 0. The zero-order valence-electron chi connectivity index (χ0n) is 14.8. The van der Waals surface area contributed by atoms with Gasteiger partial charge >= 0.3 is 0 Å². The normalized spacial score (nSPS) is 18.8. The number of nitrogens with zero attached hydrogens (tertiary/aromatic N) is 1.